The zero-order chi connectivity index (χ0) is 11.8. The molecule has 1 fully saturated rings. The van der Waals surface area contributed by atoms with Gasteiger partial charge in [0.05, 0.1) is 10.6 Å². The Hall–Kier alpha value is -0.480. The van der Waals surface area contributed by atoms with Gasteiger partial charge in [-0.1, -0.05) is 13.3 Å². The van der Waals surface area contributed by atoms with Gasteiger partial charge in [-0.2, -0.15) is 4.98 Å². The van der Waals surface area contributed by atoms with E-state index in [1.54, 1.807) is 0 Å². The summed E-state index contributed by atoms with van der Waals surface area (Å²) >= 11 is 7.80. The van der Waals surface area contributed by atoms with E-state index >= 15 is 0 Å². The lowest BCUT2D eigenvalue weighted by molar-refractivity contribution is 0.274. The van der Waals surface area contributed by atoms with Crippen LogP contribution in [0.25, 0.3) is 0 Å². The third kappa shape index (κ3) is 2.25. The van der Waals surface area contributed by atoms with Crippen LogP contribution in [0.1, 0.15) is 31.9 Å². The fourth-order valence-corrected chi connectivity index (χ4v) is 3.76. The van der Waals surface area contributed by atoms with Crippen LogP contribution in [0.4, 0.5) is 5.82 Å². The van der Waals surface area contributed by atoms with Gasteiger partial charge in [0, 0.05) is 18.2 Å². The number of anilines is 1. The number of hydrogen-bond acceptors (Lipinski definition) is 4. The van der Waals surface area contributed by atoms with Gasteiger partial charge in [-0.15, -0.1) is 11.8 Å². The molecule has 1 N–H and O–H groups in total. The molecule has 0 atom stereocenters. The molecule has 0 saturated heterocycles. The molecular formula is C12H16ClN3S. The SMILES string of the molecule is CCC1CC(Nc2nc(Cl)nc3c2SCC3)C1. The van der Waals surface area contributed by atoms with Crippen LogP contribution < -0.4 is 5.32 Å². The van der Waals surface area contributed by atoms with Crippen molar-refractivity contribution in [3.05, 3.63) is 11.0 Å². The van der Waals surface area contributed by atoms with Crippen molar-refractivity contribution in [2.45, 2.75) is 43.5 Å². The molecule has 0 spiro atoms. The number of nitrogens with one attached hydrogen (secondary N) is 1. The van der Waals surface area contributed by atoms with E-state index in [-0.39, 0.29) is 0 Å². The first-order valence-corrected chi connectivity index (χ1v) is 7.58. The van der Waals surface area contributed by atoms with Crippen LogP contribution >= 0.6 is 23.4 Å². The number of thioether (sulfide) groups is 1. The number of aryl methyl sites for hydroxylation is 1. The van der Waals surface area contributed by atoms with Gasteiger partial charge >= 0.3 is 0 Å². The Bertz CT molecular complexity index is 432. The average Bonchev–Trinajstić information content (AvgIpc) is 2.70. The first-order valence-electron chi connectivity index (χ1n) is 6.22. The van der Waals surface area contributed by atoms with Crippen molar-refractivity contribution in [3.8, 4) is 0 Å². The van der Waals surface area contributed by atoms with E-state index in [0.717, 1.165) is 29.6 Å². The van der Waals surface area contributed by atoms with Crippen LogP contribution in [0.2, 0.25) is 5.28 Å². The number of halogens is 1. The number of aromatic nitrogens is 2. The van der Waals surface area contributed by atoms with E-state index in [0.29, 0.717) is 11.3 Å². The highest BCUT2D eigenvalue weighted by Gasteiger charge is 2.29. The van der Waals surface area contributed by atoms with Crippen LogP contribution in [-0.4, -0.2) is 21.8 Å². The summed E-state index contributed by atoms with van der Waals surface area (Å²) in [5.41, 5.74) is 1.11. The Morgan fingerprint density at radius 3 is 3.00 bits per heavy atom. The molecule has 17 heavy (non-hydrogen) atoms. The van der Waals surface area contributed by atoms with Crippen molar-refractivity contribution in [1.82, 2.24) is 9.97 Å². The number of nitrogens with zero attached hydrogens (tertiary/aromatic N) is 2. The molecule has 1 aliphatic heterocycles. The molecule has 1 aromatic rings. The lowest BCUT2D eigenvalue weighted by Gasteiger charge is -2.35. The summed E-state index contributed by atoms with van der Waals surface area (Å²) in [6.45, 7) is 2.26. The first kappa shape index (κ1) is 11.6. The van der Waals surface area contributed by atoms with E-state index in [1.165, 1.54) is 24.2 Å². The second-order valence-electron chi connectivity index (χ2n) is 4.80. The highest BCUT2D eigenvalue weighted by Crippen LogP contribution is 2.39. The Kier molecular flexibility index (Phi) is 3.17. The van der Waals surface area contributed by atoms with Crippen LogP contribution in [0, 0.1) is 5.92 Å². The molecule has 1 aliphatic carbocycles. The lowest BCUT2D eigenvalue weighted by Crippen LogP contribution is -2.35. The highest BCUT2D eigenvalue weighted by atomic mass is 35.5. The molecule has 0 radical (unpaired) electrons. The molecule has 0 amide bonds. The largest absolute Gasteiger partial charge is 0.366 e. The van der Waals surface area contributed by atoms with Gasteiger partial charge in [0.15, 0.2) is 0 Å². The van der Waals surface area contributed by atoms with E-state index in [9.17, 15) is 0 Å². The van der Waals surface area contributed by atoms with Gasteiger partial charge in [0.2, 0.25) is 5.28 Å². The third-order valence-corrected chi connectivity index (χ3v) is 4.94. The van der Waals surface area contributed by atoms with E-state index in [4.69, 9.17) is 11.6 Å². The van der Waals surface area contributed by atoms with Gasteiger partial charge in [-0.3, -0.25) is 0 Å². The van der Waals surface area contributed by atoms with Gasteiger partial charge in [0.25, 0.3) is 0 Å². The van der Waals surface area contributed by atoms with Crippen molar-refractivity contribution >= 4 is 29.2 Å². The average molecular weight is 270 g/mol. The summed E-state index contributed by atoms with van der Waals surface area (Å²) in [5, 5.41) is 3.90. The molecular weight excluding hydrogens is 254 g/mol. The van der Waals surface area contributed by atoms with Crippen molar-refractivity contribution in [2.75, 3.05) is 11.1 Å². The predicted octanol–water partition coefficient (Wildman–Crippen LogP) is 3.38. The zero-order valence-corrected chi connectivity index (χ0v) is 11.4. The maximum Gasteiger partial charge on any atom is 0.224 e. The van der Waals surface area contributed by atoms with E-state index in [1.807, 2.05) is 11.8 Å². The molecule has 1 aromatic heterocycles. The maximum absolute atomic E-state index is 5.96. The first-order chi connectivity index (χ1) is 8.26. The Morgan fingerprint density at radius 1 is 1.41 bits per heavy atom. The van der Waals surface area contributed by atoms with E-state index < -0.39 is 0 Å². The number of hydrogen-bond donors (Lipinski definition) is 1. The van der Waals surface area contributed by atoms with Crippen molar-refractivity contribution in [3.63, 3.8) is 0 Å². The van der Waals surface area contributed by atoms with E-state index in [2.05, 4.69) is 22.2 Å². The fraction of sp³-hybridized carbons (Fsp3) is 0.667. The summed E-state index contributed by atoms with van der Waals surface area (Å²) in [6.07, 6.45) is 4.82. The lowest BCUT2D eigenvalue weighted by atomic mass is 9.79. The standard InChI is InChI=1S/C12H16ClN3S/c1-2-7-5-8(6-7)14-11-10-9(3-4-17-10)15-12(13)16-11/h7-8H,2-6H2,1H3,(H,14,15,16). The summed E-state index contributed by atoms with van der Waals surface area (Å²) in [7, 11) is 0. The van der Waals surface area contributed by atoms with Gasteiger partial charge in [0.1, 0.15) is 5.82 Å². The molecule has 1 saturated carbocycles. The highest BCUT2D eigenvalue weighted by molar-refractivity contribution is 7.99. The quantitative estimate of drug-likeness (QED) is 0.854. The Morgan fingerprint density at radius 2 is 2.24 bits per heavy atom. The third-order valence-electron chi connectivity index (χ3n) is 3.65. The zero-order valence-electron chi connectivity index (χ0n) is 9.87. The second-order valence-corrected chi connectivity index (χ2v) is 6.25. The molecule has 92 valence electrons. The molecule has 2 heterocycles. The fourth-order valence-electron chi connectivity index (χ4n) is 2.52. The van der Waals surface area contributed by atoms with Crippen molar-refractivity contribution in [1.29, 1.82) is 0 Å². The topological polar surface area (TPSA) is 37.8 Å². The predicted molar refractivity (Wildman–Crippen MR) is 71.9 cm³/mol. The number of rotatable bonds is 3. The molecule has 2 aliphatic rings. The number of fused-ring (bicyclic) bond motifs is 1. The molecule has 0 unspecified atom stereocenters. The Balaban J connectivity index is 1.75. The summed E-state index contributed by atoms with van der Waals surface area (Å²) in [6, 6.07) is 0.580. The summed E-state index contributed by atoms with van der Waals surface area (Å²) in [5.74, 6) is 2.95. The van der Waals surface area contributed by atoms with Crippen LogP contribution in [0.3, 0.4) is 0 Å². The van der Waals surface area contributed by atoms with Gasteiger partial charge < -0.3 is 5.32 Å². The normalized spacial score (nSPS) is 26.5. The second kappa shape index (κ2) is 4.65. The van der Waals surface area contributed by atoms with Crippen molar-refractivity contribution in [2.24, 2.45) is 5.92 Å². The summed E-state index contributed by atoms with van der Waals surface area (Å²) < 4.78 is 0. The van der Waals surface area contributed by atoms with Crippen molar-refractivity contribution < 1.29 is 0 Å². The molecule has 0 bridgehead atoms. The van der Waals surface area contributed by atoms with Gasteiger partial charge in [-0.05, 0) is 30.4 Å². The maximum atomic E-state index is 5.96. The Labute approximate surface area is 111 Å². The monoisotopic (exact) mass is 269 g/mol. The van der Waals surface area contributed by atoms with Gasteiger partial charge in [-0.25, -0.2) is 4.98 Å². The molecule has 5 heteroatoms. The minimum atomic E-state index is 0.375. The molecule has 3 rings (SSSR count). The molecule has 3 nitrogen and oxygen atoms in total. The van der Waals surface area contributed by atoms with Crippen LogP contribution in [0.15, 0.2) is 4.90 Å². The minimum Gasteiger partial charge on any atom is -0.366 e. The van der Waals surface area contributed by atoms with Crippen LogP contribution in [-0.2, 0) is 6.42 Å². The summed E-state index contributed by atoms with van der Waals surface area (Å²) in [4.78, 5) is 9.85. The van der Waals surface area contributed by atoms with Crippen LogP contribution in [0.5, 0.6) is 0 Å². The molecule has 0 aromatic carbocycles. The minimum absolute atomic E-state index is 0.375. The smallest absolute Gasteiger partial charge is 0.224 e.